The standard InChI is InChI=1S/C20H22O2/c1-3-20(22)11-9-18-17-6-4-13-12-14(21)5-7-15(13)16(17)8-10-19(18,20)2/h1,5,7-8,12,17-18,21-22H,4,6,9-11H2,2H3/t17-,18+,19+,20+/m1/s1. The molecule has 3 aliphatic rings. The molecule has 1 aromatic rings. The molecule has 0 spiro atoms. The molecule has 22 heavy (non-hydrogen) atoms. The van der Waals surface area contributed by atoms with Gasteiger partial charge >= 0.3 is 0 Å². The summed E-state index contributed by atoms with van der Waals surface area (Å²) in [7, 11) is 0. The fraction of sp³-hybridized carbons (Fsp3) is 0.500. The second kappa shape index (κ2) is 4.40. The van der Waals surface area contributed by atoms with Crippen LogP contribution in [0.15, 0.2) is 24.3 Å². The van der Waals surface area contributed by atoms with E-state index in [-0.39, 0.29) is 5.41 Å². The third-order valence-corrected chi connectivity index (χ3v) is 6.57. The predicted molar refractivity (Wildman–Crippen MR) is 87.1 cm³/mol. The van der Waals surface area contributed by atoms with Gasteiger partial charge in [0.1, 0.15) is 11.4 Å². The zero-order valence-corrected chi connectivity index (χ0v) is 13.0. The average molecular weight is 294 g/mol. The first-order valence-corrected chi connectivity index (χ1v) is 8.21. The van der Waals surface area contributed by atoms with Crippen molar-refractivity contribution >= 4 is 5.57 Å². The van der Waals surface area contributed by atoms with Crippen LogP contribution in [0.2, 0.25) is 0 Å². The number of rotatable bonds is 0. The number of aliphatic hydroxyl groups is 1. The maximum absolute atomic E-state index is 10.9. The van der Waals surface area contributed by atoms with Crippen LogP contribution in [0, 0.1) is 29.6 Å². The van der Waals surface area contributed by atoms with E-state index >= 15 is 0 Å². The van der Waals surface area contributed by atoms with Crippen LogP contribution in [0.5, 0.6) is 5.75 Å². The third-order valence-electron chi connectivity index (χ3n) is 6.57. The van der Waals surface area contributed by atoms with Gasteiger partial charge in [0.2, 0.25) is 0 Å². The summed E-state index contributed by atoms with van der Waals surface area (Å²) < 4.78 is 0. The van der Waals surface area contributed by atoms with Crippen molar-refractivity contribution in [2.75, 3.05) is 0 Å². The first kappa shape index (κ1) is 13.9. The maximum atomic E-state index is 10.9. The molecule has 0 radical (unpaired) electrons. The van der Waals surface area contributed by atoms with E-state index in [9.17, 15) is 10.2 Å². The Morgan fingerprint density at radius 3 is 2.91 bits per heavy atom. The average Bonchev–Trinajstić information content (AvgIpc) is 2.79. The summed E-state index contributed by atoms with van der Waals surface area (Å²) in [6.07, 6.45) is 12.6. The highest BCUT2D eigenvalue weighted by Gasteiger charge is 2.59. The largest absolute Gasteiger partial charge is 0.508 e. The van der Waals surface area contributed by atoms with Crippen LogP contribution in [0.3, 0.4) is 0 Å². The second-order valence-corrected chi connectivity index (χ2v) is 7.42. The van der Waals surface area contributed by atoms with E-state index in [0.717, 1.165) is 25.7 Å². The summed E-state index contributed by atoms with van der Waals surface area (Å²) in [6.45, 7) is 2.17. The third kappa shape index (κ3) is 1.61. The van der Waals surface area contributed by atoms with Crippen molar-refractivity contribution in [1.29, 1.82) is 0 Å². The SMILES string of the molecule is C#C[C@]1(O)CC[C@H]2[C@@H]3CCc4cc(O)ccc4C3=CC[C@@]21C. The molecule has 0 amide bonds. The van der Waals surface area contributed by atoms with Crippen LogP contribution in [0.4, 0.5) is 0 Å². The molecule has 0 heterocycles. The molecule has 114 valence electrons. The van der Waals surface area contributed by atoms with Gasteiger partial charge in [0.25, 0.3) is 0 Å². The topological polar surface area (TPSA) is 40.5 Å². The number of hydrogen-bond donors (Lipinski definition) is 2. The Balaban J connectivity index is 1.80. The van der Waals surface area contributed by atoms with Crippen LogP contribution in [-0.2, 0) is 6.42 Å². The predicted octanol–water partition coefficient (Wildman–Crippen LogP) is 3.52. The van der Waals surface area contributed by atoms with Crippen molar-refractivity contribution in [1.82, 2.24) is 0 Å². The minimum absolute atomic E-state index is 0.204. The van der Waals surface area contributed by atoms with Crippen LogP contribution in [0.25, 0.3) is 5.57 Å². The van der Waals surface area contributed by atoms with Gasteiger partial charge in [0.05, 0.1) is 0 Å². The van der Waals surface area contributed by atoms with Gasteiger partial charge in [-0.2, -0.15) is 0 Å². The number of allylic oxidation sites excluding steroid dienone is 2. The molecule has 2 nitrogen and oxygen atoms in total. The number of fused-ring (bicyclic) bond motifs is 5. The lowest BCUT2D eigenvalue weighted by Gasteiger charge is -2.48. The number of aryl methyl sites for hydroxylation is 1. The molecule has 2 heteroatoms. The Kier molecular flexibility index (Phi) is 2.78. The monoisotopic (exact) mass is 294 g/mol. The van der Waals surface area contributed by atoms with Crippen molar-refractivity contribution in [2.24, 2.45) is 17.3 Å². The fourth-order valence-corrected chi connectivity index (χ4v) is 5.21. The highest BCUT2D eigenvalue weighted by atomic mass is 16.3. The first-order valence-electron chi connectivity index (χ1n) is 8.21. The Morgan fingerprint density at radius 2 is 2.14 bits per heavy atom. The quantitative estimate of drug-likeness (QED) is 0.719. The fourth-order valence-electron chi connectivity index (χ4n) is 5.21. The van der Waals surface area contributed by atoms with E-state index in [4.69, 9.17) is 6.42 Å². The highest BCUT2D eigenvalue weighted by Crippen LogP contribution is 2.62. The zero-order chi connectivity index (χ0) is 15.5. The number of phenols is 1. The van der Waals surface area contributed by atoms with Crippen molar-refractivity contribution in [3.63, 3.8) is 0 Å². The smallest absolute Gasteiger partial charge is 0.131 e. The molecule has 0 bridgehead atoms. The summed E-state index contributed by atoms with van der Waals surface area (Å²) in [6, 6.07) is 5.72. The van der Waals surface area contributed by atoms with E-state index in [1.807, 2.05) is 12.1 Å². The lowest BCUT2D eigenvalue weighted by Crippen LogP contribution is -2.47. The van der Waals surface area contributed by atoms with E-state index in [1.54, 1.807) is 6.07 Å². The Hall–Kier alpha value is -1.72. The molecule has 2 N–H and O–H groups in total. The van der Waals surface area contributed by atoms with Crippen molar-refractivity contribution in [3.05, 3.63) is 35.4 Å². The highest BCUT2D eigenvalue weighted by molar-refractivity contribution is 5.74. The summed E-state index contributed by atoms with van der Waals surface area (Å²) in [5.41, 5.74) is 2.77. The number of terminal acetylenes is 1. The summed E-state index contributed by atoms with van der Waals surface area (Å²) in [5.74, 6) is 3.98. The Bertz CT molecular complexity index is 711. The van der Waals surface area contributed by atoms with Gasteiger partial charge in [-0.25, -0.2) is 0 Å². The van der Waals surface area contributed by atoms with Crippen LogP contribution < -0.4 is 0 Å². The van der Waals surface area contributed by atoms with Crippen LogP contribution in [0.1, 0.15) is 43.7 Å². The molecule has 0 unspecified atom stereocenters. The number of aromatic hydroxyl groups is 1. The van der Waals surface area contributed by atoms with Crippen molar-refractivity contribution in [3.8, 4) is 18.1 Å². The Labute approximate surface area is 131 Å². The molecule has 0 aliphatic heterocycles. The molecule has 1 saturated carbocycles. The maximum Gasteiger partial charge on any atom is 0.131 e. The van der Waals surface area contributed by atoms with Gasteiger partial charge in [-0.05, 0) is 72.8 Å². The molecule has 1 aromatic carbocycles. The Morgan fingerprint density at radius 1 is 1.32 bits per heavy atom. The minimum atomic E-state index is -0.963. The van der Waals surface area contributed by atoms with Gasteiger partial charge in [0, 0.05) is 5.41 Å². The molecule has 4 atom stereocenters. The van der Waals surface area contributed by atoms with Crippen LogP contribution in [-0.4, -0.2) is 15.8 Å². The molecule has 4 rings (SSSR count). The van der Waals surface area contributed by atoms with Crippen LogP contribution >= 0.6 is 0 Å². The molecule has 1 fully saturated rings. The summed E-state index contributed by atoms with van der Waals surface area (Å²) >= 11 is 0. The van der Waals surface area contributed by atoms with Gasteiger partial charge in [0.15, 0.2) is 0 Å². The lowest BCUT2D eigenvalue weighted by molar-refractivity contribution is -0.0299. The number of hydrogen-bond acceptors (Lipinski definition) is 2. The number of phenolic OH excluding ortho intramolecular Hbond substituents is 1. The van der Waals surface area contributed by atoms with Crippen molar-refractivity contribution < 1.29 is 10.2 Å². The van der Waals surface area contributed by atoms with Gasteiger partial charge < -0.3 is 10.2 Å². The first-order chi connectivity index (χ1) is 10.5. The number of benzene rings is 1. The summed E-state index contributed by atoms with van der Waals surface area (Å²) in [4.78, 5) is 0. The molecule has 0 aromatic heterocycles. The van der Waals surface area contributed by atoms with Crippen molar-refractivity contribution in [2.45, 2.75) is 44.6 Å². The molecule has 3 aliphatic carbocycles. The summed E-state index contributed by atoms with van der Waals surface area (Å²) in [5, 5.41) is 20.6. The normalized spacial score (nSPS) is 39.2. The van der Waals surface area contributed by atoms with E-state index in [1.165, 1.54) is 16.7 Å². The van der Waals surface area contributed by atoms with Gasteiger partial charge in [-0.1, -0.05) is 25.0 Å². The molecule has 0 saturated heterocycles. The van der Waals surface area contributed by atoms with E-state index in [0.29, 0.717) is 24.0 Å². The van der Waals surface area contributed by atoms with E-state index < -0.39 is 5.60 Å². The zero-order valence-electron chi connectivity index (χ0n) is 13.0. The molecular formula is C20H22O2. The second-order valence-electron chi connectivity index (χ2n) is 7.42. The minimum Gasteiger partial charge on any atom is -0.508 e. The van der Waals surface area contributed by atoms with Gasteiger partial charge in [-0.15, -0.1) is 6.42 Å². The molecular weight excluding hydrogens is 272 g/mol. The van der Waals surface area contributed by atoms with E-state index in [2.05, 4.69) is 18.9 Å². The lowest BCUT2D eigenvalue weighted by atomic mass is 9.57. The van der Waals surface area contributed by atoms with Gasteiger partial charge in [-0.3, -0.25) is 0 Å².